The Bertz CT molecular complexity index is 1250. The first-order valence-electron chi connectivity index (χ1n) is 11.9. The average molecular weight is 501 g/mol. The molecule has 1 atom stereocenters. The fourth-order valence-corrected chi connectivity index (χ4v) is 4.33. The molecule has 36 heavy (non-hydrogen) atoms. The third-order valence-electron chi connectivity index (χ3n) is 6.43. The zero-order valence-electron chi connectivity index (χ0n) is 20.7. The van der Waals surface area contributed by atoms with Crippen LogP contribution in [0.25, 0.3) is 10.8 Å². The second-order valence-electron chi connectivity index (χ2n) is 9.85. The minimum absolute atomic E-state index is 0.154. The van der Waals surface area contributed by atoms with Crippen molar-refractivity contribution >= 4 is 22.6 Å². The van der Waals surface area contributed by atoms with E-state index in [1.165, 1.54) is 6.20 Å². The van der Waals surface area contributed by atoms with E-state index in [0.717, 1.165) is 12.8 Å². The Labute approximate surface area is 208 Å². The van der Waals surface area contributed by atoms with Crippen LogP contribution in [0.1, 0.15) is 49.0 Å². The number of carbonyl (C=O) groups is 2. The second kappa shape index (κ2) is 9.90. The van der Waals surface area contributed by atoms with Crippen molar-refractivity contribution in [1.29, 1.82) is 0 Å². The molecule has 1 aliphatic carbocycles. The lowest BCUT2D eigenvalue weighted by atomic mass is 9.80. The SMILES string of the molecule is CC(C)Oc1cc2c(OC[C@@H]3CC(F)(F)C(=O)N3)ncc(C#CC3CC(N(C)C)C3)c2cc1C(N)=O. The molecule has 192 valence electrons. The molecule has 4 rings (SSSR count). The molecule has 8 nitrogen and oxygen atoms in total. The lowest BCUT2D eigenvalue weighted by Gasteiger charge is -2.36. The van der Waals surface area contributed by atoms with E-state index >= 15 is 0 Å². The van der Waals surface area contributed by atoms with Crippen LogP contribution in [0.4, 0.5) is 8.78 Å². The van der Waals surface area contributed by atoms with E-state index in [-0.39, 0.29) is 35.8 Å². The predicted octanol–water partition coefficient (Wildman–Crippen LogP) is 2.72. The van der Waals surface area contributed by atoms with Crippen molar-refractivity contribution in [2.24, 2.45) is 11.7 Å². The Kier molecular flexibility index (Phi) is 7.05. The molecule has 0 bridgehead atoms. The van der Waals surface area contributed by atoms with Crippen LogP contribution >= 0.6 is 0 Å². The van der Waals surface area contributed by atoms with Crippen molar-refractivity contribution in [2.45, 2.75) is 57.2 Å². The van der Waals surface area contributed by atoms with Crippen molar-refractivity contribution in [1.82, 2.24) is 15.2 Å². The number of hydrogen-bond acceptors (Lipinski definition) is 6. The summed E-state index contributed by atoms with van der Waals surface area (Å²) in [6.07, 6.45) is 2.59. The Balaban J connectivity index is 1.69. The molecule has 2 aromatic rings. The molecule has 1 saturated heterocycles. The highest BCUT2D eigenvalue weighted by atomic mass is 19.3. The maximum absolute atomic E-state index is 13.6. The van der Waals surface area contributed by atoms with Gasteiger partial charge in [0.2, 0.25) is 5.88 Å². The fraction of sp³-hybridized carbons (Fsp3) is 0.500. The number of fused-ring (bicyclic) bond motifs is 1. The van der Waals surface area contributed by atoms with Crippen molar-refractivity contribution in [3.8, 4) is 23.5 Å². The number of benzene rings is 1. The average Bonchev–Trinajstić information content (AvgIpc) is 3.01. The first-order chi connectivity index (χ1) is 16.9. The molecule has 0 radical (unpaired) electrons. The Morgan fingerprint density at radius 2 is 2.03 bits per heavy atom. The molecule has 10 heteroatoms. The quantitative estimate of drug-likeness (QED) is 0.567. The lowest BCUT2D eigenvalue weighted by Crippen LogP contribution is -2.39. The van der Waals surface area contributed by atoms with Crippen LogP contribution in [0, 0.1) is 17.8 Å². The minimum Gasteiger partial charge on any atom is -0.490 e. The molecule has 0 unspecified atom stereocenters. The molecule has 1 aromatic carbocycles. The molecule has 1 saturated carbocycles. The van der Waals surface area contributed by atoms with Gasteiger partial charge in [-0.1, -0.05) is 11.8 Å². The maximum Gasteiger partial charge on any atom is 0.326 e. The zero-order chi connectivity index (χ0) is 26.2. The van der Waals surface area contributed by atoms with Crippen LogP contribution in [-0.2, 0) is 4.79 Å². The monoisotopic (exact) mass is 500 g/mol. The summed E-state index contributed by atoms with van der Waals surface area (Å²) in [4.78, 5) is 30.2. The van der Waals surface area contributed by atoms with Crippen LogP contribution in [0.3, 0.4) is 0 Å². The summed E-state index contributed by atoms with van der Waals surface area (Å²) in [7, 11) is 4.09. The molecule has 0 spiro atoms. The first-order valence-corrected chi connectivity index (χ1v) is 11.9. The number of rotatable bonds is 7. The molecule has 2 amide bonds. The summed E-state index contributed by atoms with van der Waals surface area (Å²) in [6.45, 7) is 3.44. The van der Waals surface area contributed by atoms with Gasteiger partial charge in [-0.15, -0.1) is 0 Å². The van der Waals surface area contributed by atoms with Crippen molar-refractivity contribution < 1.29 is 27.8 Å². The number of primary amides is 1. The van der Waals surface area contributed by atoms with Gasteiger partial charge in [-0.25, -0.2) is 4.98 Å². The van der Waals surface area contributed by atoms with Crippen LogP contribution in [0.15, 0.2) is 18.3 Å². The van der Waals surface area contributed by atoms with Crippen LogP contribution < -0.4 is 20.5 Å². The number of nitrogens with two attached hydrogens (primary N) is 1. The van der Waals surface area contributed by atoms with Gasteiger partial charge >= 0.3 is 5.92 Å². The van der Waals surface area contributed by atoms with E-state index in [4.69, 9.17) is 15.2 Å². The van der Waals surface area contributed by atoms with Crippen molar-refractivity contribution in [3.05, 3.63) is 29.5 Å². The van der Waals surface area contributed by atoms with Gasteiger partial charge in [-0.3, -0.25) is 9.59 Å². The molecule has 2 fully saturated rings. The number of amides is 2. The van der Waals surface area contributed by atoms with Gasteiger partial charge in [0, 0.05) is 35.3 Å². The third kappa shape index (κ3) is 5.36. The largest absolute Gasteiger partial charge is 0.490 e. The normalized spacial score (nSPS) is 22.7. The predicted molar refractivity (Wildman–Crippen MR) is 130 cm³/mol. The molecule has 2 aliphatic rings. The molecule has 1 aliphatic heterocycles. The van der Waals surface area contributed by atoms with Crippen LogP contribution in [0.2, 0.25) is 0 Å². The van der Waals surface area contributed by atoms with Crippen LogP contribution in [-0.4, -0.2) is 66.5 Å². The number of carbonyl (C=O) groups excluding carboxylic acids is 2. The summed E-state index contributed by atoms with van der Waals surface area (Å²) >= 11 is 0. The van der Waals surface area contributed by atoms with E-state index in [0.29, 0.717) is 22.4 Å². The number of nitrogens with one attached hydrogen (secondary N) is 1. The first kappa shape index (κ1) is 25.6. The lowest BCUT2D eigenvalue weighted by molar-refractivity contribution is -0.139. The van der Waals surface area contributed by atoms with Gasteiger partial charge in [0.1, 0.15) is 12.4 Å². The number of aromatic nitrogens is 1. The van der Waals surface area contributed by atoms with E-state index in [9.17, 15) is 18.4 Å². The molecule has 1 aromatic heterocycles. The highest BCUT2D eigenvalue weighted by molar-refractivity contribution is 6.03. The Morgan fingerprint density at radius 3 is 2.61 bits per heavy atom. The number of nitrogens with zero attached hydrogens (tertiary/aromatic N) is 2. The van der Waals surface area contributed by atoms with Gasteiger partial charge < -0.3 is 25.4 Å². The topological polar surface area (TPSA) is 107 Å². The highest BCUT2D eigenvalue weighted by Crippen LogP contribution is 2.35. The van der Waals surface area contributed by atoms with E-state index in [1.54, 1.807) is 12.1 Å². The van der Waals surface area contributed by atoms with Gasteiger partial charge in [0.15, 0.2) is 0 Å². The third-order valence-corrected chi connectivity index (χ3v) is 6.43. The number of hydrogen-bond donors (Lipinski definition) is 2. The standard InChI is InChI=1S/C26H30F2N4O4/c1-14(2)36-22-10-20-19(9-21(22)23(29)33)16(6-5-15-7-18(8-15)32(3)4)12-30-24(20)35-13-17-11-26(27,28)25(34)31-17/h9-10,12,14-15,17-18H,7-8,11,13H2,1-4H3,(H2,29,33)(H,31,34)/t15?,17-,18?/m0/s1. The van der Waals surface area contributed by atoms with Crippen LogP contribution in [0.5, 0.6) is 11.6 Å². The minimum atomic E-state index is -3.43. The summed E-state index contributed by atoms with van der Waals surface area (Å²) in [6, 6.07) is 2.86. The smallest absolute Gasteiger partial charge is 0.326 e. The van der Waals surface area contributed by atoms with E-state index in [1.807, 2.05) is 27.9 Å². The molecule has 3 N–H and O–H groups in total. The fourth-order valence-electron chi connectivity index (χ4n) is 4.33. The second-order valence-corrected chi connectivity index (χ2v) is 9.85. The number of halogens is 2. The zero-order valence-corrected chi connectivity index (χ0v) is 20.7. The maximum atomic E-state index is 13.6. The van der Waals surface area contributed by atoms with Gasteiger partial charge in [0.05, 0.1) is 23.3 Å². The number of pyridine rings is 1. The molecular weight excluding hydrogens is 470 g/mol. The summed E-state index contributed by atoms with van der Waals surface area (Å²) in [5.74, 6) is 1.74. The van der Waals surface area contributed by atoms with Crippen molar-refractivity contribution in [3.63, 3.8) is 0 Å². The highest BCUT2D eigenvalue weighted by Gasteiger charge is 2.48. The molecular formula is C26H30F2N4O4. The Hall–Kier alpha value is -3.45. The molecule has 2 heterocycles. The summed E-state index contributed by atoms with van der Waals surface area (Å²) in [5.41, 5.74) is 6.41. The van der Waals surface area contributed by atoms with Gasteiger partial charge in [0.25, 0.3) is 11.8 Å². The van der Waals surface area contributed by atoms with Gasteiger partial charge in [-0.05, 0) is 52.9 Å². The number of ether oxygens (including phenoxy) is 2. The summed E-state index contributed by atoms with van der Waals surface area (Å²) < 4.78 is 38.8. The number of alkyl halides is 2. The summed E-state index contributed by atoms with van der Waals surface area (Å²) in [5, 5.41) is 3.32. The van der Waals surface area contributed by atoms with E-state index in [2.05, 4.69) is 27.0 Å². The van der Waals surface area contributed by atoms with E-state index < -0.39 is 30.2 Å². The van der Waals surface area contributed by atoms with Gasteiger partial charge in [-0.2, -0.15) is 8.78 Å². The Morgan fingerprint density at radius 1 is 1.31 bits per heavy atom. The van der Waals surface area contributed by atoms with Crippen molar-refractivity contribution in [2.75, 3.05) is 20.7 Å².